The fourth-order valence-corrected chi connectivity index (χ4v) is 2.90. The van der Waals surface area contributed by atoms with Crippen LogP contribution in [0.25, 0.3) is 0 Å². The van der Waals surface area contributed by atoms with Gasteiger partial charge in [0.05, 0.1) is 24.1 Å². The molecule has 0 radical (unpaired) electrons. The Hall–Kier alpha value is -3.48. The highest BCUT2D eigenvalue weighted by Crippen LogP contribution is 2.30. The Morgan fingerprint density at radius 3 is 2.41 bits per heavy atom. The number of benzene rings is 2. The highest BCUT2D eigenvalue weighted by molar-refractivity contribution is 5.96. The summed E-state index contributed by atoms with van der Waals surface area (Å²) in [6.07, 6.45) is 1.50. The number of hydrogen-bond acceptors (Lipinski definition) is 7. The molecule has 2 N–H and O–H groups in total. The Morgan fingerprint density at radius 1 is 1.00 bits per heavy atom. The molecule has 0 amide bonds. The molecule has 0 saturated heterocycles. The molecule has 0 atom stereocenters. The number of nitrogens with one attached hydrogen (secondary N) is 2. The van der Waals surface area contributed by atoms with Crippen molar-refractivity contribution in [3.8, 4) is 0 Å². The van der Waals surface area contributed by atoms with Gasteiger partial charge in [0.1, 0.15) is 0 Å². The van der Waals surface area contributed by atoms with Gasteiger partial charge < -0.3 is 15.4 Å². The Morgan fingerprint density at radius 2 is 1.69 bits per heavy atom. The van der Waals surface area contributed by atoms with Gasteiger partial charge in [-0.2, -0.15) is 10.1 Å². The van der Waals surface area contributed by atoms with Crippen LogP contribution in [0.15, 0.2) is 54.7 Å². The molecule has 3 rings (SSSR count). The number of para-hydroxylation sites is 2. The maximum atomic E-state index is 12.2. The summed E-state index contributed by atoms with van der Waals surface area (Å²) in [7, 11) is 0. The van der Waals surface area contributed by atoms with E-state index in [1.165, 1.54) is 6.20 Å². The van der Waals surface area contributed by atoms with Gasteiger partial charge in [0.2, 0.25) is 5.95 Å². The van der Waals surface area contributed by atoms with Crippen molar-refractivity contribution in [3.63, 3.8) is 0 Å². The fraction of sp³-hybridized carbons (Fsp3) is 0.273. The first kappa shape index (κ1) is 20.3. The third kappa shape index (κ3) is 5.07. The van der Waals surface area contributed by atoms with Crippen molar-refractivity contribution in [3.05, 3.63) is 65.9 Å². The van der Waals surface area contributed by atoms with Crippen LogP contribution in [0.1, 0.15) is 43.6 Å². The van der Waals surface area contributed by atoms with Gasteiger partial charge in [-0.25, -0.2) is 4.79 Å². The van der Waals surface area contributed by atoms with E-state index >= 15 is 0 Å². The second kappa shape index (κ2) is 8.68. The molecule has 0 spiro atoms. The van der Waals surface area contributed by atoms with Gasteiger partial charge in [0.15, 0.2) is 5.82 Å². The van der Waals surface area contributed by atoms with Crippen molar-refractivity contribution in [2.75, 3.05) is 17.2 Å². The minimum atomic E-state index is -0.393. The quantitative estimate of drug-likeness (QED) is 0.582. The molecule has 1 heterocycles. The molecule has 0 aliphatic carbocycles. The van der Waals surface area contributed by atoms with E-state index in [0.29, 0.717) is 29.6 Å². The molecule has 0 bridgehead atoms. The summed E-state index contributed by atoms with van der Waals surface area (Å²) >= 11 is 0. The summed E-state index contributed by atoms with van der Waals surface area (Å²) in [5.74, 6) is 0.433. The summed E-state index contributed by atoms with van der Waals surface area (Å²) in [4.78, 5) is 16.7. The van der Waals surface area contributed by atoms with Gasteiger partial charge in [-0.15, -0.1) is 5.10 Å². The molecule has 150 valence electrons. The number of aromatic nitrogens is 3. The van der Waals surface area contributed by atoms with Crippen molar-refractivity contribution in [2.45, 2.75) is 33.1 Å². The molecule has 0 fully saturated rings. The maximum absolute atomic E-state index is 12.2. The van der Waals surface area contributed by atoms with Gasteiger partial charge in [0.25, 0.3) is 0 Å². The van der Waals surface area contributed by atoms with Crippen molar-refractivity contribution in [1.82, 2.24) is 15.2 Å². The molecule has 2 aromatic carbocycles. The normalized spacial score (nSPS) is 11.0. The number of rotatable bonds is 6. The number of ether oxygens (including phenoxy) is 1. The number of nitrogens with zero attached hydrogens (tertiary/aromatic N) is 3. The first-order valence-electron chi connectivity index (χ1n) is 9.48. The molecular weight excluding hydrogens is 366 g/mol. The van der Waals surface area contributed by atoms with E-state index in [2.05, 4.69) is 52.7 Å². The number of esters is 1. The lowest BCUT2D eigenvalue weighted by atomic mass is 9.86. The van der Waals surface area contributed by atoms with E-state index < -0.39 is 5.97 Å². The van der Waals surface area contributed by atoms with Crippen LogP contribution >= 0.6 is 0 Å². The molecule has 3 aromatic rings. The predicted octanol–water partition coefficient (Wildman–Crippen LogP) is 4.83. The SMILES string of the molecule is CCOC(=O)c1ccccc1Nc1cnnc(Nc2ccccc2C(C)(C)C)n1. The van der Waals surface area contributed by atoms with Crippen molar-refractivity contribution in [2.24, 2.45) is 0 Å². The van der Waals surface area contributed by atoms with E-state index in [9.17, 15) is 4.79 Å². The minimum absolute atomic E-state index is 0.0362. The summed E-state index contributed by atoms with van der Waals surface area (Å²) in [6, 6.07) is 15.1. The molecular formula is C22H25N5O2. The van der Waals surface area contributed by atoms with E-state index in [1.54, 1.807) is 25.1 Å². The minimum Gasteiger partial charge on any atom is -0.462 e. The topological polar surface area (TPSA) is 89.0 Å². The van der Waals surface area contributed by atoms with E-state index in [0.717, 1.165) is 11.3 Å². The lowest BCUT2D eigenvalue weighted by Crippen LogP contribution is -2.14. The average Bonchev–Trinajstić information content (AvgIpc) is 2.68. The lowest BCUT2D eigenvalue weighted by molar-refractivity contribution is 0.0527. The Labute approximate surface area is 170 Å². The predicted molar refractivity (Wildman–Crippen MR) is 114 cm³/mol. The summed E-state index contributed by atoms with van der Waals surface area (Å²) in [5.41, 5.74) is 3.05. The van der Waals surface area contributed by atoms with E-state index in [-0.39, 0.29) is 5.41 Å². The summed E-state index contributed by atoms with van der Waals surface area (Å²) < 4.78 is 5.11. The third-order valence-electron chi connectivity index (χ3n) is 4.23. The van der Waals surface area contributed by atoms with Crippen LogP contribution in [0.4, 0.5) is 23.1 Å². The van der Waals surface area contributed by atoms with Crippen LogP contribution < -0.4 is 10.6 Å². The largest absolute Gasteiger partial charge is 0.462 e. The van der Waals surface area contributed by atoms with Gasteiger partial charge in [-0.05, 0) is 36.1 Å². The van der Waals surface area contributed by atoms with Gasteiger partial charge in [-0.1, -0.05) is 51.1 Å². The zero-order valence-corrected chi connectivity index (χ0v) is 17.1. The number of carbonyl (C=O) groups excluding carboxylic acids is 1. The Balaban J connectivity index is 1.85. The first-order chi connectivity index (χ1) is 13.9. The van der Waals surface area contributed by atoms with Crippen molar-refractivity contribution >= 4 is 29.1 Å². The highest BCUT2D eigenvalue weighted by atomic mass is 16.5. The van der Waals surface area contributed by atoms with E-state index in [1.807, 2.05) is 24.3 Å². The highest BCUT2D eigenvalue weighted by Gasteiger charge is 2.18. The number of carbonyl (C=O) groups is 1. The maximum Gasteiger partial charge on any atom is 0.340 e. The molecule has 0 saturated carbocycles. The fourth-order valence-electron chi connectivity index (χ4n) is 2.90. The lowest BCUT2D eigenvalue weighted by Gasteiger charge is -2.22. The Bertz CT molecular complexity index is 998. The van der Waals surface area contributed by atoms with Crippen LogP contribution in [-0.2, 0) is 10.2 Å². The average molecular weight is 391 g/mol. The molecule has 7 nitrogen and oxygen atoms in total. The van der Waals surface area contributed by atoms with Gasteiger partial charge >= 0.3 is 5.97 Å². The number of anilines is 4. The van der Waals surface area contributed by atoms with Gasteiger partial charge in [0, 0.05) is 5.69 Å². The summed E-state index contributed by atoms with van der Waals surface area (Å²) in [6.45, 7) is 8.53. The van der Waals surface area contributed by atoms with Crippen molar-refractivity contribution in [1.29, 1.82) is 0 Å². The zero-order valence-electron chi connectivity index (χ0n) is 17.1. The standard InChI is InChI=1S/C22H25N5O2/c1-5-29-20(28)15-10-6-8-12-17(15)24-19-14-23-27-21(26-19)25-18-13-9-7-11-16(18)22(2,3)4/h6-14H,5H2,1-4H3,(H2,24,25,26,27). The first-order valence-corrected chi connectivity index (χ1v) is 9.48. The molecule has 29 heavy (non-hydrogen) atoms. The third-order valence-corrected chi connectivity index (χ3v) is 4.23. The monoisotopic (exact) mass is 391 g/mol. The van der Waals surface area contributed by atoms with Crippen LogP contribution in [-0.4, -0.2) is 27.8 Å². The Kier molecular flexibility index (Phi) is 6.07. The van der Waals surface area contributed by atoms with Crippen LogP contribution in [0.5, 0.6) is 0 Å². The molecule has 7 heteroatoms. The summed E-state index contributed by atoms with van der Waals surface area (Å²) in [5, 5.41) is 14.5. The second-order valence-electron chi connectivity index (χ2n) is 7.48. The molecule has 0 unspecified atom stereocenters. The smallest absolute Gasteiger partial charge is 0.340 e. The molecule has 0 aliphatic rings. The number of hydrogen-bond donors (Lipinski definition) is 2. The van der Waals surface area contributed by atoms with Crippen LogP contribution in [0.3, 0.4) is 0 Å². The van der Waals surface area contributed by atoms with Crippen LogP contribution in [0, 0.1) is 0 Å². The van der Waals surface area contributed by atoms with Crippen LogP contribution in [0.2, 0.25) is 0 Å². The zero-order chi connectivity index (χ0) is 20.9. The molecule has 1 aromatic heterocycles. The van der Waals surface area contributed by atoms with E-state index in [4.69, 9.17) is 4.74 Å². The van der Waals surface area contributed by atoms with Crippen molar-refractivity contribution < 1.29 is 9.53 Å². The van der Waals surface area contributed by atoms with Gasteiger partial charge in [-0.3, -0.25) is 0 Å². The molecule has 0 aliphatic heterocycles. The second-order valence-corrected chi connectivity index (χ2v) is 7.48.